The van der Waals surface area contributed by atoms with Crippen molar-refractivity contribution in [1.82, 2.24) is 10.3 Å². The summed E-state index contributed by atoms with van der Waals surface area (Å²) in [4.78, 5) is 40.0. The van der Waals surface area contributed by atoms with Crippen LogP contribution in [0, 0.1) is 25.7 Å². The van der Waals surface area contributed by atoms with Crippen LogP contribution in [0.1, 0.15) is 79.1 Å². The predicted octanol–water partition coefficient (Wildman–Crippen LogP) is 3.29. The molecule has 1 heterocycles. The highest BCUT2D eigenvalue weighted by atomic mass is 16.5. The molecule has 0 saturated heterocycles. The lowest BCUT2D eigenvalue weighted by atomic mass is 9.78. The van der Waals surface area contributed by atoms with Crippen LogP contribution < -0.4 is 5.32 Å². The maximum atomic E-state index is 12.5. The number of aromatic amines is 1. The summed E-state index contributed by atoms with van der Waals surface area (Å²) in [5.74, 6) is -0.502. The second kappa shape index (κ2) is 9.26. The van der Waals surface area contributed by atoms with Crippen molar-refractivity contribution in [2.75, 3.05) is 6.61 Å². The van der Waals surface area contributed by atoms with Gasteiger partial charge in [0.2, 0.25) is 0 Å². The first-order valence-corrected chi connectivity index (χ1v) is 10.0. The van der Waals surface area contributed by atoms with E-state index in [1.54, 1.807) is 27.7 Å². The Kier molecular flexibility index (Phi) is 7.27. The number of aromatic nitrogens is 1. The number of carbonyl (C=O) groups is 3. The molecule has 1 aliphatic carbocycles. The van der Waals surface area contributed by atoms with Crippen LogP contribution in [0.3, 0.4) is 0 Å². The van der Waals surface area contributed by atoms with Gasteiger partial charge in [0.1, 0.15) is 5.69 Å². The summed E-state index contributed by atoms with van der Waals surface area (Å²) in [6.07, 6.45) is 2.27. The largest absolute Gasteiger partial charge is 0.462 e. The summed E-state index contributed by atoms with van der Waals surface area (Å²) in [6, 6.07) is 0.0993. The topological polar surface area (TPSA) is 97.5 Å². The lowest BCUT2D eigenvalue weighted by Crippen LogP contribution is -2.47. The fourth-order valence-corrected chi connectivity index (χ4v) is 3.82. The van der Waals surface area contributed by atoms with Gasteiger partial charge in [-0.1, -0.05) is 26.7 Å². The Balaban J connectivity index is 2.03. The van der Waals surface area contributed by atoms with Gasteiger partial charge in [-0.15, -0.1) is 0 Å². The SMILES string of the molecule is CCOC(=O)c1c(C)[nH]c(C(=O)O[C@@H](C)C(=O)N[C@@H]2CCC[C@H](C)[C@@H]2C)c1C. The van der Waals surface area contributed by atoms with Crippen LogP contribution in [0.25, 0.3) is 0 Å². The Morgan fingerprint density at radius 3 is 2.50 bits per heavy atom. The number of ether oxygens (including phenoxy) is 2. The third-order valence-corrected chi connectivity index (χ3v) is 5.81. The van der Waals surface area contributed by atoms with Crippen molar-refractivity contribution < 1.29 is 23.9 Å². The van der Waals surface area contributed by atoms with Gasteiger partial charge < -0.3 is 19.8 Å². The van der Waals surface area contributed by atoms with Gasteiger partial charge >= 0.3 is 11.9 Å². The summed E-state index contributed by atoms with van der Waals surface area (Å²) >= 11 is 0. The zero-order valence-electron chi connectivity index (χ0n) is 17.7. The van der Waals surface area contributed by atoms with Crippen LogP contribution in [0.15, 0.2) is 0 Å². The monoisotopic (exact) mass is 392 g/mol. The smallest absolute Gasteiger partial charge is 0.355 e. The summed E-state index contributed by atoms with van der Waals surface area (Å²) < 4.78 is 10.4. The van der Waals surface area contributed by atoms with Gasteiger partial charge in [-0.2, -0.15) is 0 Å². The molecule has 0 aromatic carbocycles. The molecule has 28 heavy (non-hydrogen) atoms. The first-order chi connectivity index (χ1) is 13.2. The minimum atomic E-state index is -0.925. The van der Waals surface area contributed by atoms with E-state index in [2.05, 4.69) is 24.1 Å². The van der Waals surface area contributed by atoms with Crippen molar-refractivity contribution in [2.45, 2.75) is 73.0 Å². The average Bonchev–Trinajstić information content (AvgIpc) is 2.93. The molecule has 2 N–H and O–H groups in total. The van der Waals surface area contributed by atoms with E-state index >= 15 is 0 Å². The summed E-state index contributed by atoms with van der Waals surface area (Å²) in [7, 11) is 0. The highest BCUT2D eigenvalue weighted by Crippen LogP contribution is 2.29. The molecule has 1 amide bonds. The molecule has 1 aliphatic rings. The molecule has 156 valence electrons. The van der Waals surface area contributed by atoms with E-state index in [1.807, 2.05) is 0 Å². The number of rotatable bonds is 6. The molecule has 1 aromatic heterocycles. The molecule has 0 radical (unpaired) electrons. The molecule has 1 aromatic rings. The van der Waals surface area contributed by atoms with E-state index in [0.717, 1.165) is 12.8 Å². The van der Waals surface area contributed by atoms with Crippen molar-refractivity contribution in [1.29, 1.82) is 0 Å². The van der Waals surface area contributed by atoms with Crippen molar-refractivity contribution in [3.8, 4) is 0 Å². The Morgan fingerprint density at radius 1 is 1.18 bits per heavy atom. The van der Waals surface area contributed by atoms with Gasteiger partial charge in [0.05, 0.1) is 12.2 Å². The summed E-state index contributed by atoms with van der Waals surface area (Å²) in [6.45, 7) is 11.2. The number of esters is 2. The first kappa shape index (κ1) is 22.0. The van der Waals surface area contributed by atoms with Crippen LogP contribution in [0.5, 0.6) is 0 Å². The number of hydrogen-bond donors (Lipinski definition) is 2. The lowest BCUT2D eigenvalue weighted by Gasteiger charge is -2.35. The molecule has 1 fully saturated rings. The van der Waals surface area contributed by atoms with Crippen LogP contribution in [-0.2, 0) is 14.3 Å². The molecular formula is C21H32N2O5. The number of H-pyrrole nitrogens is 1. The minimum absolute atomic E-state index is 0.0993. The van der Waals surface area contributed by atoms with Crippen LogP contribution in [-0.4, -0.2) is 41.6 Å². The van der Waals surface area contributed by atoms with Gasteiger partial charge in [0, 0.05) is 11.7 Å². The molecule has 1 saturated carbocycles. The van der Waals surface area contributed by atoms with Crippen molar-refractivity contribution in [2.24, 2.45) is 11.8 Å². The molecule has 0 spiro atoms. The van der Waals surface area contributed by atoms with E-state index in [0.29, 0.717) is 28.7 Å². The maximum absolute atomic E-state index is 12.5. The van der Waals surface area contributed by atoms with E-state index in [1.165, 1.54) is 6.42 Å². The quantitative estimate of drug-likeness (QED) is 0.724. The molecule has 0 bridgehead atoms. The van der Waals surface area contributed by atoms with Crippen molar-refractivity contribution in [3.05, 3.63) is 22.5 Å². The molecular weight excluding hydrogens is 360 g/mol. The van der Waals surface area contributed by atoms with Crippen molar-refractivity contribution >= 4 is 17.8 Å². The fraction of sp³-hybridized carbons (Fsp3) is 0.667. The number of nitrogens with one attached hydrogen (secondary N) is 2. The molecule has 4 atom stereocenters. The van der Waals surface area contributed by atoms with Gasteiger partial charge in [-0.25, -0.2) is 9.59 Å². The Morgan fingerprint density at radius 2 is 1.86 bits per heavy atom. The number of aryl methyl sites for hydroxylation is 1. The molecule has 7 nitrogen and oxygen atoms in total. The summed E-state index contributed by atoms with van der Waals surface area (Å²) in [5.41, 5.74) is 1.49. The minimum Gasteiger partial charge on any atom is -0.462 e. The lowest BCUT2D eigenvalue weighted by molar-refractivity contribution is -0.130. The van der Waals surface area contributed by atoms with E-state index in [4.69, 9.17) is 9.47 Å². The second-order valence-electron chi connectivity index (χ2n) is 7.78. The predicted molar refractivity (Wildman–Crippen MR) is 105 cm³/mol. The first-order valence-electron chi connectivity index (χ1n) is 10.0. The zero-order valence-corrected chi connectivity index (χ0v) is 17.7. The standard InChI is InChI=1S/C21H32N2O5/c1-7-27-20(25)17-13(4)18(22-14(17)5)21(26)28-15(6)19(24)23-16-10-8-9-11(2)12(16)3/h11-12,15-16,22H,7-10H2,1-6H3,(H,23,24)/t11-,12-,15-,16+/m0/s1. The van der Waals surface area contributed by atoms with Gasteiger partial charge in [0.15, 0.2) is 6.10 Å². The van der Waals surface area contributed by atoms with Gasteiger partial charge in [-0.05, 0) is 51.5 Å². The summed E-state index contributed by atoms with van der Waals surface area (Å²) in [5, 5.41) is 3.02. The van der Waals surface area contributed by atoms with E-state index < -0.39 is 18.0 Å². The molecule has 0 aliphatic heterocycles. The second-order valence-corrected chi connectivity index (χ2v) is 7.78. The number of amides is 1. The Bertz CT molecular complexity index is 739. The molecule has 7 heteroatoms. The third-order valence-electron chi connectivity index (χ3n) is 5.81. The van der Waals surface area contributed by atoms with Gasteiger partial charge in [-0.3, -0.25) is 4.79 Å². The fourth-order valence-electron chi connectivity index (χ4n) is 3.82. The number of carbonyl (C=O) groups excluding carboxylic acids is 3. The van der Waals surface area contributed by atoms with Crippen molar-refractivity contribution in [3.63, 3.8) is 0 Å². The Labute approximate surface area is 166 Å². The Hall–Kier alpha value is -2.31. The third kappa shape index (κ3) is 4.75. The van der Waals surface area contributed by atoms with E-state index in [9.17, 15) is 14.4 Å². The maximum Gasteiger partial charge on any atom is 0.355 e. The molecule has 2 rings (SSSR count). The van der Waals surface area contributed by atoms with Crippen LogP contribution >= 0.6 is 0 Å². The zero-order chi connectivity index (χ0) is 21.0. The number of hydrogen-bond acceptors (Lipinski definition) is 5. The van der Waals surface area contributed by atoms with Crippen LogP contribution in [0.2, 0.25) is 0 Å². The normalized spacial score (nSPS) is 23.0. The average molecular weight is 392 g/mol. The van der Waals surface area contributed by atoms with Crippen LogP contribution in [0.4, 0.5) is 0 Å². The highest BCUT2D eigenvalue weighted by molar-refractivity contribution is 5.99. The highest BCUT2D eigenvalue weighted by Gasteiger charge is 2.31. The molecule has 0 unspecified atom stereocenters. The van der Waals surface area contributed by atoms with E-state index in [-0.39, 0.29) is 24.2 Å². The van der Waals surface area contributed by atoms with Gasteiger partial charge in [0.25, 0.3) is 5.91 Å².